The minimum Gasteiger partial charge on any atom is -0.357 e. The monoisotopic (exact) mass is 315 g/mol. The summed E-state index contributed by atoms with van der Waals surface area (Å²) < 4.78 is 0. The van der Waals surface area contributed by atoms with E-state index in [1.54, 1.807) is 36.6 Å². The first-order valence-corrected chi connectivity index (χ1v) is 7.36. The standard InChI is InChI=1S/C14H10ClN5S/c1-17-14-19-12(9-4-5-21-13(9)20-14)18-11-3-2-8(7-16)6-10(11)15/h2-6H,1H3,(H2,17,18,19,20). The summed E-state index contributed by atoms with van der Waals surface area (Å²) in [4.78, 5) is 9.70. The summed E-state index contributed by atoms with van der Waals surface area (Å²) in [6.45, 7) is 0. The van der Waals surface area contributed by atoms with Crippen LogP contribution in [-0.2, 0) is 0 Å². The van der Waals surface area contributed by atoms with Gasteiger partial charge in [-0.05, 0) is 29.6 Å². The molecule has 5 nitrogen and oxygen atoms in total. The van der Waals surface area contributed by atoms with E-state index in [2.05, 4.69) is 26.7 Å². The van der Waals surface area contributed by atoms with Crippen LogP contribution in [0.15, 0.2) is 29.6 Å². The van der Waals surface area contributed by atoms with E-state index in [4.69, 9.17) is 16.9 Å². The number of halogens is 1. The minimum absolute atomic E-state index is 0.474. The van der Waals surface area contributed by atoms with Crippen LogP contribution in [0.5, 0.6) is 0 Å². The highest BCUT2D eigenvalue weighted by molar-refractivity contribution is 7.16. The van der Waals surface area contributed by atoms with Crippen LogP contribution in [0.3, 0.4) is 0 Å². The van der Waals surface area contributed by atoms with Gasteiger partial charge in [-0.3, -0.25) is 0 Å². The SMILES string of the molecule is CNc1nc(Nc2ccc(C#N)cc2Cl)c2ccsc2n1. The van der Waals surface area contributed by atoms with E-state index < -0.39 is 0 Å². The Bertz CT molecular complexity index is 852. The van der Waals surface area contributed by atoms with Gasteiger partial charge in [0.15, 0.2) is 0 Å². The van der Waals surface area contributed by atoms with E-state index >= 15 is 0 Å². The second-order valence-electron chi connectivity index (χ2n) is 4.22. The molecule has 0 bridgehead atoms. The van der Waals surface area contributed by atoms with E-state index in [0.717, 1.165) is 10.2 Å². The van der Waals surface area contributed by atoms with Crippen molar-refractivity contribution in [1.82, 2.24) is 9.97 Å². The predicted octanol–water partition coefficient (Wildman–Crippen LogP) is 4.00. The second-order valence-corrected chi connectivity index (χ2v) is 5.52. The number of hydrogen-bond acceptors (Lipinski definition) is 6. The molecule has 0 amide bonds. The van der Waals surface area contributed by atoms with Gasteiger partial charge in [0, 0.05) is 7.05 Å². The van der Waals surface area contributed by atoms with E-state index in [-0.39, 0.29) is 0 Å². The molecular formula is C14H10ClN5S. The molecule has 7 heteroatoms. The number of nitrogens with zero attached hydrogens (tertiary/aromatic N) is 3. The summed E-state index contributed by atoms with van der Waals surface area (Å²) in [5.41, 5.74) is 1.22. The Labute approximate surface area is 130 Å². The maximum Gasteiger partial charge on any atom is 0.225 e. The summed E-state index contributed by atoms with van der Waals surface area (Å²) in [7, 11) is 1.77. The van der Waals surface area contributed by atoms with Crippen molar-refractivity contribution in [2.45, 2.75) is 0 Å². The third-order valence-electron chi connectivity index (χ3n) is 2.90. The van der Waals surface area contributed by atoms with Crippen molar-refractivity contribution < 1.29 is 0 Å². The van der Waals surface area contributed by atoms with Gasteiger partial charge in [0.25, 0.3) is 0 Å². The topological polar surface area (TPSA) is 73.6 Å². The van der Waals surface area contributed by atoms with Gasteiger partial charge in [-0.15, -0.1) is 11.3 Å². The van der Waals surface area contributed by atoms with Crippen molar-refractivity contribution in [2.24, 2.45) is 0 Å². The van der Waals surface area contributed by atoms with Gasteiger partial charge < -0.3 is 10.6 Å². The summed E-state index contributed by atoms with van der Waals surface area (Å²) in [5.74, 6) is 1.22. The molecule has 21 heavy (non-hydrogen) atoms. The van der Waals surface area contributed by atoms with Gasteiger partial charge in [-0.2, -0.15) is 10.2 Å². The number of nitrogens with one attached hydrogen (secondary N) is 2. The summed E-state index contributed by atoms with van der Waals surface area (Å²) >= 11 is 7.73. The van der Waals surface area contributed by atoms with E-state index in [9.17, 15) is 0 Å². The molecule has 0 saturated heterocycles. The molecular weight excluding hydrogens is 306 g/mol. The van der Waals surface area contributed by atoms with Crippen molar-refractivity contribution in [3.8, 4) is 6.07 Å². The highest BCUT2D eigenvalue weighted by Crippen LogP contribution is 2.31. The third-order valence-corrected chi connectivity index (χ3v) is 4.02. The Morgan fingerprint density at radius 1 is 1.29 bits per heavy atom. The molecule has 0 fully saturated rings. The first-order valence-electron chi connectivity index (χ1n) is 6.11. The maximum atomic E-state index is 8.87. The van der Waals surface area contributed by atoms with Crippen molar-refractivity contribution in [3.63, 3.8) is 0 Å². The van der Waals surface area contributed by atoms with Crippen LogP contribution < -0.4 is 10.6 Å². The Balaban J connectivity index is 2.05. The molecule has 0 aliphatic rings. The lowest BCUT2D eigenvalue weighted by Crippen LogP contribution is -2.01. The number of nitriles is 1. The number of aromatic nitrogens is 2. The maximum absolute atomic E-state index is 8.87. The van der Waals surface area contributed by atoms with Crippen LogP contribution in [-0.4, -0.2) is 17.0 Å². The first kappa shape index (κ1) is 13.6. The fraction of sp³-hybridized carbons (Fsp3) is 0.0714. The lowest BCUT2D eigenvalue weighted by molar-refractivity contribution is 1.20. The van der Waals surface area contributed by atoms with E-state index in [1.165, 1.54) is 0 Å². The van der Waals surface area contributed by atoms with Crippen LogP contribution in [0.25, 0.3) is 10.2 Å². The number of hydrogen-bond donors (Lipinski definition) is 2. The molecule has 2 aromatic heterocycles. The molecule has 104 valence electrons. The van der Waals surface area contributed by atoms with Crippen molar-refractivity contribution in [1.29, 1.82) is 5.26 Å². The van der Waals surface area contributed by atoms with Crippen LogP contribution in [0.1, 0.15) is 5.56 Å². The molecule has 3 rings (SSSR count). The predicted molar refractivity (Wildman–Crippen MR) is 86.4 cm³/mol. The lowest BCUT2D eigenvalue weighted by Gasteiger charge is -2.10. The van der Waals surface area contributed by atoms with Gasteiger partial charge in [0.1, 0.15) is 10.6 Å². The molecule has 0 aliphatic carbocycles. The Morgan fingerprint density at radius 2 is 2.14 bits per heavy atom. The van der Waals surface area contributed by atoms with Crippen molar-refractivity contribution >= 4 is 50.6 Å². The molecule has 2 N–H and O–H groups in total. The highest BCUT2D eigenvalue weighted by Gasteiger charge is 2.10. The van der Waals surface area contributed by atoms with Crippen LogP contribution in [0, 0.1) is 11.3 Å². The Morgan fingerprint density at radius 3 is 2.86 bits per heavy atom. The van der Waals surface area contributed by atoms with E-state index in [0.29, 0.717) is 28.0 Å². The summed E-state index contributed by atoms with van der Waals surface area (Å²) in [5, 5.41) is 18.4. The smallest absolute Gasteiger partial charge is 0.225 e. The van der Waals surface area contributed by atoms with Crippen molar-refractivity contribution in [3.05, 3.63) is 40.2 Å². The number of benzene rings is 1. The molecule has 0 spiro atoms. The molecule has 0 unspecified atom stereocenters. The highest BCUT2D eigenvalue weighted by atomic mass is 35.5. The fourth-order valence-electron chi connectivity index (χ4n) is 1.88. The Kier molecular flexibility index (Phi) is 3.60. The summed E-state index contributed by atoms with van der Waals surface area (Å²) in [6, 6.07) is 9.11. The first-order chi connectivity index (χ1) is 10.2. The number of fused-ring (bicyclic) bond motifs is 1. The fourth-order valence-corrected chi connectivity index (χ4v) is 2.87. The zero-order valence-electron chi connectivity index (χ0n) is 11.0. The third kappa shape index (κ3) is 2.61. The molecule has 0 saturated carbocycles. The molecule has 1 aromatic carbocycles. The second kappa shape index (κ2) is 5.56. The van der Waals surface area contributed by atoms with Gasteiger partial charge >= 0.3 is 0 Å². The van der Waals surface area contributed by atoms with Gasteiger partial charge in [0.2, 0.25) is 5.95 Å². The number of rotatable bonds is 3. The zero-order valence-corrected chi connectivity index (χ0v) is 12.6. The quantitative estimate of drug-likeness (QED) is 0.764. The van der Waals surface area contributed by atoms with Crippen LogP contribution in [0.4, 0.5) is 17.5 Å². The van der Waals surface area contributed by atoms with Gasteiger partial charge in [-0.25, -0.2) is 4.98 Å². The molecule has 2 heterocycles. The molecule has 0 radical (unpaired) electrons. The normalized spacial score (nSPS) is 10.3. The average molecular weight is 316 g/mol. The number of thiophene rings is 1. The number of anilines is 3. The van der Waals surface area contributed by atoms with Crippen LogP contribution in [0.2, 0.25) is 5.02 Å². The average Bonchev–Trinajstić information content (AvgIpc) is 2.97. The van der Waals surface area contributed by atoms with Gasteiger partial charge in [0.05, 0.1) is 27.7 Å². The zero-order chi connectivity index (χ0) is 14.8. The summed E-state index contributed by atoms with van der Waals surface area (Å²) in [6.07, 6.45) is 0. The minimum atomic E-state index is 0.474. The molecule has 0 atom stereocenters. The molecule has 0 aliphatic heterocycles. The largest absolute Gasteiger partial charge is 0.357 e. The lowest BCUT2D eigenvalue weighted by atomic mass is 10.2. The van der Waals surface area contributed by atoms with Gasteiger partial charge in [-0.1, -0.05) is 11.6 Å². The van der Waals surface area contributed by atoms with E-state index in [1.807, 2.05) is 11.4 Å². The molecule has 3 aromatic rings. The van der Waals surface area contributed by atoms with Crippen molar-refractivity contribution in [2.75, 3.05) is 17.7 Å². The van der Waals surface area contributed by atoms with Crippen LogP contribution >= 0.6 is 22.9 Å². The Hall–Kier alpha value is -2.36.